The van der Waals surface area contributed by atoms with Crippen molar-refractivity contribution in [2.75, 3.05) is 67.1 Å². The summed E-state index contributed by atoms with van der Waals surface area (Å²) in [5.74, 6) is 1.71. The van der Waals surface area contributed by atoms with E-state index in [1.165, 1.54) is 0 Å². The van der Waals surface area contributed by atoms with E-state index in [2.05, 4.69) is 13.8 Å². The van der Waals surface area contributed by atoms with Gasteiger partial charge in [-0.15, -0.1) is 11.3 Å². The number of hydrogen-bond acceptors (Lipinski definition) is 7. The monoisotopic (exact) mass is 360 g/mol. The third kappa shape index (κ3) is 5.07. The van der Waals surface area contributed by atoms with E-state index in [-0.39, 0.29) is 5.41 Å². The zero-order valence-electron chi connectivity index (χ0n) is 15.0. The minimum Gasteiger partial charge on any atom is -0.488 e. The van der Waals surface area contributed by atoms with Gasteiger partial charge >= 0.3 is 0 Å². The fourth-order valence-electron chi connectivity index (χ4n) is 2.54. The topological polar surface area (TPSA) is 55.4 Å². The Balaban J connectivity index is 2.01. The van der Waals surface area contributed by atoms with Crippen LogP contribution < -0.4 is 9.47 Å². The summed E-state index contributed by atoms with van der Waals surface area (Å²) in [5, 5.41) is 0. The van der Waals surface area contributed by atoms with Crippen LogP contribution >= 0.6 is 11.3 Å². The fourth-order valence-corrected chi connectivity index (χ4v) is 3.49. The van der Waals surface area contributed by atoms with E-state index >= 15 is 0 Å². The second kappa shape index (κ2) is 9.58. The Bertz CT molecular complexity index is 459. The first-order valence-electron chi connectivity index (χ1n) is 8.11. The van der Waals surface area contributed by atoms with Crippen LogP contribution in [0.25, 0.3) is 0 Å². The highest BCUT2D eigenvalue weighted by molar-refractivity contribution is 7.12. The van der Waals surface area contributed by atoms with Gasteiger partial charge in [0.05, 0.1) is 45.1 Å². The number of methoxy groups -OCH3 is 2. The zero-order valence-corrected chi connectivity index (χ0v) is 15.8. The van der Waals surface area contributed by atoms with Crippen LogP contribution in [0.2, 0.25) is 0 Å². The molecule has 0 radical (unpaired) electrons. The maximum absolute atomic E-state index is 6.09. The fraction of sp³-hybridized carbons (Fsp3) is 0.765. The molecule has 0 atom stereocenters. The highest BCUT2D eigenvalue weighted by Crippen LogP contribution is 2.44. The van der Waals surface area contributed by atoms with E-state index in [1.54, 1.807) is 25.6 Å². The lowest BCUT2D eigenvalue weighted by atomic mass is 9.92. The van der Waals surface area contributed by atoms with Gasteiger partial charge in [-0.1, -0.05) is 0 Å². The third-order valence-corrected chi connectivity index (χ3v) is 4.86. The van der Waals surface area contributed by atoms with Gasteiger partial charge in [0.25, 0.3) is 0 Å². The summed E-state index contributed by atoms with van der Waals surface area (Å²) in [6, 6.07) is 0. The van der Waals surface area contributed by atoms with Crippen molar-refractivity contribution in [2.24, 2.45) is 5.41 Å². The van der Waals surface area contributed by atoms with Crippen LogP contribution in [-0.4, -0.2) is 67.1 Å². The molecule has 1 aliphatic heterocycles. The van der Waals surface area contributed by atoms with Gasteiger partial charge in [-0.2, -0.15) is 0 Å². The third-order valence-electron chi connectivity index (χ3n) is 3.88. The van der Waals surface area contributed by atoms with Crippen molar-refractivity contribution in [3.8, 4) is 11.5 Å². The smallest absolute Gasteiger partial charge is 0.175 e. The van der Waals surface area contributed by atoms with E-state index < -0.39 is 0 Å². The molecule has 138 valence electrons. The summed E-state index contributed by atoms with van der Waals surface area (Å²) in [5.41, 5.74) is -0.350. The van der Waals surface area contributed by atoms with Crippen LogP contribution in [0.5, 0.6) is 11.5 Å². The number of thiophene rings is 1. The Morgan fingerprint density at radius 3 is 1.71 bits per heavy atom. The van der Waals surface area contributed by atoms with Crippen molar-refractivity contribution in [1.82, 2.24) is 0 Å². The Morgan fingerprint density at radius 1 is 0.833 bits per heavy atom. The van der Waals surface area contributed by atoms with E-state index in [1.807, 2.05) is 0 Å². The maximum Gasteiger partial charge on any atom is 0.175 e. The van der Waals surface area contributed by atoms with Crippen molar-refractivity contribution in [2.45, 2.75) is 13.8 Å². The van der Waals surface area contributed by atoms with E-state index in [0.717, 1.165) is 21.3 Å². The summed E-state index contributed by atoms with van der Waals surface area (Å²) in [6.45, 7) is 8.29. The minimum atomic E-state index is -0.350. The van der Waals surface area contributed by atoms with Gasteiger partial charge in [-0.3, -0.25) is 0 Å². The molecule has 2 heterocycles. The Morgan fingerprint density at radius 2 is 1.29 bits per heavy atom. The van der Waals surface area contributed by atoms with Crippen LogP contribution in [0.1, 0.15) is 9.75 Å². The average Bonchev–Trinajstić information content (AvgIpc) is 2.73. The van der Waals surface area contributed by atoms with Crippen LogP contribution in [0.15, 0.2) is 0 Å². The van der Waals surface area contributed by atoms with Gasteiger partial charge in [0.15, 0.2) is 11.5 Å². The molecule has 0 saturated heterocycles. The first-order valence-corrected chi connectivity index (χ1v) is 8.92. The van der Waals surface area contributed by atoms with Crippen LogP contribution in [-0.2, 0) is 18.9 Å². The van der Waals surface area contributed by atoms with E-state index in [0.29, 0.717) is 52.9 Å². The molecule has 0 spiro atoms. The molecule has 0 N–H and O–H groups in total. The SMILES string of the molecule is COCCOCC1(COCCOC)COc2c(C)sc(C)c2OC1. The molecule has 2 rings (SSSR count). The molecule has 0 saturated carbocycles. The Hall–Kier alpha value is -0.860. The molecule has 24 heavy (non-hydrogen) atoms. The van der Waals surface area contributed by atoms with Crippen molar-refractivity contribution >= 4 is 11.3 Å². The quantitative estimate of drug-likeness (QED) is 0.598. The molecule has 0 aliphatic carbocycles. The molecule has 7 heteroatoms. The predicted molar refractivity (Wildman–Crippen MR) is 92.6 cm³/mol. The lowest BCUT2D eigenvalue weighted by Crippen LogP contribution is -2.43. The largest absolute Gasteiger partial charge is 0.488 e. The van der Waals surface area contributed by atoms with Gasteiger partial charge < -0.3 is 28.4 Å². The maximum atomic E-state index is 6.09. The molecule has 1 aromatic heterocycles. The number of ether oxygens (including phenoxy) is 6. The highest BCUT2D eigenvalue weighted by atomic mass is 32.1. The molecule has 0 amide bonds. The first-order chi connectivity index (χ1) is 11.6. The second-order valence-electron chi connectivity index (χ2n) is 6.04. The van der Waals surface area contributed by atoms with Crippen molar-refractivity contribution < 1.29 is 28.4 Å². The molecule has 0 aromatic carbocycles. The summed E-state index contributed by atoms with van der Waals surface area (Å²) < 4.78 is 33.8. The molecule has 1 aromatic rings. The lowest BCUT2D eigenvalue weighted by molar-refractivity contribution is -0.0714. The lowest BCUT2D eigenvalue weighted by Gasteiger charge is -2.30. The van der Waals surface area contributed by atoms with Crippen molar-refractivity contribution in [1.29, 1.82) is 0 Å². The predicted octanol–water partition coefficient (Wildman–Crippen LogP) is 2.45. The molecule has 6 nitrogen and oxygen atoms in total. The Kier molecular flexibility index (Phi) is 7.77. The minimum absolute atomic E-state index is 0.350. The summed E-state index contributed by atoms with van der Waals surface area (Å²) >= 11 is 1.70. The second-order valence-corrected chi connectivity index (χ2v) is 7.47. The first kappa shape index (κ1) is 19.5. The van der Waals surface area contributed by atoms with Crippen LogP contribution in [0.3, 0.4) is 0 Å². The number of fused-ring (bicyclic) bond motifs is 1. The van der Waals surface area contributed by atoms with E-state index in [4.69, 9.17) is 28.4 Å². The summed E-state index contributed by atoms with van der Waals surface area (Å²) in [7, 11) is 3.32. The van der Waals surface area contributed by atoms with Gasteiger partial charge in [0, 0.05) is 24.0 Å². The van der Waals surface area contributed by atoms with Crippen LogP contribution in [0.4, 0.5) is 0 Å². The molecule has 0 unspecified atom stereocenters. The standard InChI is InChI=1S/C17H28O6S/c1-13-15-16(14(2)24-13)23-12-17(11-22-15,9-20-7-5-18-3)10-21-8-6-19-4/h5-12H2,1-4H3. The Labute approximate surface area is 147 Å². The summed E-state index contributed by atoms with van der Waals surface area (Å²) in [4.78, 5) is 2.28. The molecule has 1 aliphatic rings. The molecular weight excluding hydrogens is 332 g/mol. The van der Waals surface area contributed by atoms with Gasteiger partial charge in [0.1, 0.15) is 13.2 Å². The molecule has 0 fully saturated rings. The number of hydrogen-bond donors (Lipinski definition) is 0. The highest BCUT2D eigenvalue weighted by Gasteiger charge is 2.37. The number of aryl methyl sites for hydroxylation is 2. The normalized spacial score (nSPS) is 16.2. The summed E-state index contributed by atoms with van der Waals surface area (Å²) in [6.07, 6.45) is 0. The van der Waals surface area contributed by atoms with Gasteiger partial charge in [-0.25, -0.2) is 0 Å². The van der Waals surface area contributed by atoms with Crippen LogP contribution in [0, 0.1) is 19.3 Å². The van der Waals surface area contributed by atoms with E-state index in [9.17, 15) is 0 Å². The number of rotatable bonds is 10. The molecular formula is C17H28O6S. The molecule has 0 bridgehead atoms. The van der Waals surface area contributed by atoms with Gasteiger partial charge in [-0.05, 0) is 13.8 Å². The van der Waals surface area contributed by atoms with Crippen molar-refractivity contribution in [3.05, 3.63) is 9.75 Å². The zero-order chi connectivity index (χ0) is 17.4. The van der Waals surface area contributed by atoms with Crippen molar-refractivity contribution in [3.63, 3.8) is 0 Å². The van der Waals surface area contributed by atoms with Gasteiger partial charge in [0.2, 0.25) is 0 Å². The average molecular weight is 360 g/mol.